The highest BCUT2D eigenvalue weighted by Gasteiger charge is 2.54. The molecule has 1 amide bonds. The molecule has 2 saturated heterocycles. The standard InChI is InChI=1S/C36H37ClFN7O4.C2H6/c1-23-20-47-14-13-45(23)34(46)27-15-25(38)7-8-30(27)49-33-32(40-35(37)42-41-33)44-21-36(22-44)16-26(17-36)48-31-9-11-39-29-10-12-43(19-28(29)31)18-24-5-3-2-4-6-24;1-2/h2-9,11,15,23,26H,10,12-14,16-22H2,1H3;1-2H3. The predicted octanol–water partition coefficient (Wildman–Crippen LogP) is 6.34. The van der Waals surface area contributed by atoms with Gasteiger partial charge in [0.05, 0.1) is 24.8 Å². The van der Waals surface area contributed by atoms with Crippen LogP contribution in [0.15, 0.2) is 60.8 Å². The van der Waals surface area contributed by atoms with Crippen molar-refractivity contribution in [2.75, 3.05) is 44.3 Å². The molecule has 1 saturated carbocycles. The van der Waals surface area contributed by atoms with Crippen molar-refractivity contribution in [1.29, 1.82) is 0 Å². The largest absolute Gasteiger partial charge is 0.490 e. The van der Waals surface area contributed by atoms with E-state index in [-0.39, 0.29) is 45.9 Å². The number of aromatic nitrogens is 4. The van der Waals surface area contributed by atoms with E-state index in [9.17, 15) is 9.18 Å². The van der Waals surface area contributed by atoms with Crippen LogP contribution in [0, 0.1) is 11.2 Å². The van der Waals surface area contributed by atoms with Gasteiger partial charge in [-0.2, -0.15) is 4.98 Å². The van der Waals surface area contributed by atoms with E-state index >= 15 is 0 Å². The van der Waals surface area contributed by atoms with Crippen molar-refractivity contribution in [1.82, 2.24) is 30.0 Å². The normalized spacial score (nSPS) is 19.7. The number of carbonyl (C=O) groups excluding carboxylic acids is 1. The van der Waals surface area contributed by atoms with E-state index in [0.29, 0.717) is 25.6 Å². The fourth-order valence-electron chi connectivity index (χ4n) is 7.50. The molecule has 3 fully saturated rings. The smallest absolute Gasteiger partial charge is 0.282 e. The zero-order valence-electron chi connectivity index (χ0n) is 29.2. The Bertz CT molecular complexity index is 1850. The summed E-state index contributed by atoms with van der Waals surface area (Å²) in [5, 5.41) is 8.07. The first-order chi connectivity index (χ1) is 24.8. The number of anilines is 1. The van der Waals surface area contributed by atoms with Crippen LogP contribution in [-0.2, 0) is 24.2 Å². The summed E-state index contributed by atoms with van der Waals surface area (Å²) in [5.41, 5.74) is 3.78. The van der Waals surface area contributed by atoms with Gasteiger partial charge in [0.15, 0.2) is 5.82 Å². The van der Waals surface area contributed by atoms with Gasteiger partial charge in [0, 0.05) is 68.6 Å². The zero-order valence-corrected chi connectivity index (χ0v) is 30.0. The van der Waals surface area contributed by atoms with Gasteiger partial charge in [0.2, 0.25) is 5.28 Å². The molecule has 8 rings (SSSR count). The zero-order chi connectivity index (χ0) is 35.5. The van der Waals surface area contributed by atoms with Gasteiger partial charge < -0.3 is 24.0 Å². The van der Waals surface area contributed by atoms with E-state index in [0.717, 1.165) is 63.4 Å². The Morgan fingerprint density at radius 1 is 1.06 bits per heavy atom. The molecule has 13 heteroatoms. The number of benzene rings is 2. The minimum absolute atomic E-state index is 0.0144. The number of carbonyl (C=O) groups is 1. The molecule has 4 aromatic rings. The number of fused-ring (bicyclic) bond motifs is 1. The summed E-state index contributed by atoms with van der Waals surface area (Å²) in [5.74, 6) is 0.743. The van der Waals surface area contributed by atoms with Gasteiger partial charge in [0.1, 0.15) is 23.4 Å². The molecule has 1 atom stereocenters. The number of pyridine rings is 1. The van der Waals surface area contributed by atoms with Gasteiger partial charge in [-0.1, -0.05) is 44.2 Å². The Morgan fingerprint density at radius 2 is 1.86 bits per heavy atom. The molecule has 2 aromatic heterocycles. The molecular weight excluding hydrogens is 673 g/mol. The maximum absolute atomic E-state index is 14.4. The molecule has 2 aromatic carbocycles. The van der Waals surface area contributed by atoms with Crippen molar-refractivity contribution >= 4 is 23.3 Å². The highest BCUT2D eigenvalue weighted by Crippen LogP contribution is 2.52. The summed E-state index contributed by atoms with van der Waals surface area (Å²) in [6.45, 7) is 11.3. The average Bonchev–Trinajstić information content (AvgIpc) is 3.11. The monoisotopic (exact) mass is 715 g/mol. The Hall–Kier alpha value is -4.39. The highest BCUT2D eigenvalue weighted by molar-refractivity contribution is 6.28. The summed E-state index contributed by atoms with van der Waals surface area (Å²) >= 11 is 6.19. The number of ether oxygens (including phenoxy) is 3. The summed E-state index contributed by atoms with van der Waals surface area (Å²) in [4.78, 5) is 28.8. The number of amides is 1. The van der Waals surface area contributed by atoms with Crippen molar-refractivity contribution in [3.8, 4) is 17.4 Å². The Balaban J connectivity index is 0.00000200. The molecule has 4 aliphatic rings. The molecule has 268 valence electrons. The molecular formula is C38H43ClFN7O4. The Morgan fingerprint density at radius 3 is 2.65 bits per heavy atom. The van der Waals surface area contributed by atoms with Crippen LogP contribution >= 0.6 is 11.6 Å². The van der Waals surface area contributed by atoms with Crippen LogP contribution in [0.5, 0.6) is 17.4 Å². The van der Waals surface area contributed by atoms with Crippen LogP contribution in [-0.4, -0.2) is 87.4 Å². The lowest BCUT2D eigenvalue weighted by Crippen LogP contribution is -2.65. The van der Waals surface area contributed by atoms with Gasteiger partial charge in [-0.05, 0) is 61.2 Å². The topological polar surface area (TPSA) is 106 Å². The maximum Gasteiger partial charge on any atom is 0.282 e. The maximum atomic E-state index is 14.4. The Labute approximate surface area is 302 Å². The molecule has 1 unspecified atom stereocenters. The first kappa shape index (κ1) is 35.0. The number of nitrogens with zero attached hydrogens (tertiary/aromatic N) is 7. The van der Waals surface area contributed by atoms with Crippen LogP contribution in [0.2, 0.25) is 5.28 Å². The van der Waals surface area contributed by atoms with Gasteiger partial charge in [-0.15, -0.1) is 10.2 Å². The summed E-state index contributed by atoms with van der Waals surface area (Å²) in [7, 11) is 0. The van der Waals surface area contributed by atoms with Crippen molar-refractivity contribution in [3.05, 3.63) is 94.3 Å². The van der Waals surface area contributed by atoms with Crippen LogP contribution in [0.3, 0.4) is 0 Å². The molecule has 11 nitrogen and oxygen atoms in total. The number of rotatable bonds is 8. The number of halogens is 2. The van der Waals surface area contributed by atoms with Crippen molar-refractivity contribution in [3.63, 3.8) is 0 Å². The number of hydrogen-bond donors (Lipinski definition) is 0. The molecule has 0 bridgehead atoms. The minimum atomic E-state index is -0.541. The van der Waals surface area contributed by atoms with Crippen LogP contribution in [0.1, 0.15) is 60.8 Å². The summed E-state index contributed by atoms with van der Waals surface area (Å²) in [6, 6.07) is 16.2. The second-order valence-corrected chi connectivity index (χ2v) is 13.9. The summed E-state index contributed by atoms with van der Waals surface area (Å²) < 4.78 is 32.6. The van der Waals surface area contributed by atoms with Crippen molar-refractivity contribution in [2.45, 2.75) is 65.3 Å². The average molecular weight is 716 g/mol. The minimum Gasteiger partial charge on any atom is -0.490 e. The van der Waals surface area contributed by atoms with E-state index in [1.54, 1.807) is 4.90 Å². The first-order valence-corrected chi connectivity index (χ1v) is 18.1. The lowest BCUT2D eigenvalue weighted by atomic mass is 9.61. The molecule has 0 radical (unpaired) electrons. The molecule has 1 aliphatic carbocycles. The van der Waals surface area contributed by atoms with Gasteiger partial charge in [-0.3, -0.25) is 14.7 Å². The summed E-state index contributed by atoms with van der Waals surface area (Å²) in [6.07, 6.45) is 4.69. The van der Waals surface area contributed by atoms with Crippen molar-refractivity contribution in [2.24, 2.45) is 5.41 Å². The number of morpholine rings is 1. The third kappa shape index (κ3) is 7.49. The number of hydrogen-bond acceptors (Lipinski definition) is 10. The van der Waals surface area contributed by atoms with Crippen LogP contribution in [0.4, 0.5) is 10.2 Å². The SMILES string of the molecule is CC.CC1COCCN1C(=O)c1cc(F)ccc1Oc1nnc(Cl)nc1N1CC2(CC(Oc3ccnc4c3CN(Cc3ccccc3)CC4)C2)C1. The fourth-order valence-corrected chi connectivity index (χ4v) is 7.62. The fraction of sp³-hybridized carbons (Fsp3) is 0.447. The van der Waals surface area contributed by atoms with Gasteiger partial charge in [-0.25, -0.2) is 4.39 Å². The quantitative estimate of drug-likeness (QED) is 0.205. The van der Waals surface area contributed by atoms with E-state index in [4.69, 9.17) is 25.8 Å². The van der Waals surface area contributed by atoms with Crippen molar-refractivity contribution < 1.29 is 23.4 Å². The molecule has 3 aliphatic heterocycles. The van der Waals surface area contributed by atoms with E-state index in [2.05, 4.69) is 54.2 Å². The Kier molecular flexibility index (Phi) is 10.4. The second kappa shape index (κ2) is 15.1. The third-order valence-corrected chi connectivity index (χ3v) is 10.1. The first-order valence-electron chi connectivity index (χ1n) is 17.7. The highest BCUT2D eigenvalue weighted by atomic mass is 35.5. The van der Waals surface area contributed by atoms with Gasteiger partial charge in [0.25, 0.3) is 11.8 Å². The van der Waals surface area contributed by atoms with Crippen LogP contribution < -0.4 is 14.4 Å². The predicted molar refractivity (Wildman–Crippen MR) is 191 cm³/mol. The molecule has 0 N–H and O–H groups in total. The molecule has 5 heterocycles. The van der Waals surface area contributed by atoms with E-state index in [1.165, 1.54) is 29.3 Å². The van der Waals surface area contributed by atoms with E-state index in [1.807, 2.05) is 39.1 Å². The molecule has 51 heavy (non-hydrogen) atoms. The lowest BCUT2D eigenvalue weighted by Gasteiger charge is -2.58. The van der Waals surface area contributed by atoms with Gasteiger partial charge >= 0.3 is 0 Å². The van der Waals surface area contributed by atoms with Crippen LogP contribution in [0.25, 0.3) is 0 Å². The van der Waals surface area contributed by atoms with E-state index < -0.39 is 5.82 Å². The molecule has 1 spiro atoms. The second-order valence-electron chi connectivity index (χ2n) is 13.6. The third-order valence-electron chi connectivity index (χ3n) is 9.98. The lowest BCUT2D eigenvalue weighted by molar-refractivity contribution is -0.0353.